The maximum Gasteiger partial charge on any atom is 0.193 e. The highest BCUT2D eigenvalue weighted by Crippen LogP contribution is 2.13. The molecule has 0 radical (unpaired) electrons. The molecule has 1 aromatic heterocycles. The van der Waals surface area contributed by atoms with Gasteiger partial charge in [0.2, 0.25) is 0 Å². The normalized spacial score (nSPS) is 11.0. The predicted octanol–water partition coefficient (Wildman–Crippen LogP) is 3.73. The van der Waals surface area contributed by atoms with Crippen molar-refractivity contribution in [2.24, 2.45) is 10.7 Å². The van der Waals surface area contributed by atoms with Crippen molar-refractivity contribution in [3.63, 3.8) is 0 Å². The minimum atomic E-state index is 0. The van der Waals surface area contributed by atoms with Gasteiger partial charge in [-0.3, -0.25) is 0 Å². The summed E-state index contributed by atoms with van der Waals surface area (Å²) in [5, 5.41) is 7.60. The predicted molar refractivity (Wildman–Crippen MR) is 109 cm³/mol. The van der Waals surface area contributed by atoms with Gasteiger partial charge in [0.15, 0.2) is 5.96 Å². The molecule has 1 heterocycles. The molecule has 3 rings (SSSR count). The highest BCUT2D eigenvalue weighted by molar-refractivity contribution is 14.0. The van der Waals surface area contributed by atoms with Gasteiger partial charge in [-0.25, -0.2) is 9.67 Å². The van der Waals surface area contributed by atoms with E-state index in [-0.39, 0.29) is 24.0 Å². The summed E-state index contributed by atoms with van der Waals surface area (Å²) in [4.78, 5) is 4.39. The quantitative estimate of drug-likeness (QED) is 0.375. The molecule has 6 heteroatoms. The topological polar surface area (TPSA) is 68.2 Å². The van der Waals surface area contributed by atoms with Crippen molar-refractivity contribution >= 4 is 35.6 Å². The molecule has 24 heavy (non-hydrogen) atoms. The van der Waals surface area contributed by atoms with Gasteiger partial charge in [0.25, 0.3) is 0 Å². The zero-order valence-electron chi connectivity index (χ0n) is 13.4. The van der Waals surface area contributed by atoms with E-state index in [1.807, 2.05) is 78.5 Å². The van der Waals surface area contributed by atoms with Crippen LogP contribution in [0.2, 0.25) is 0 Å². The average Bonchev–Trinajstić information content (AvgIpc) is 2.96. The van der Waals surface area contributed by atoms with Crippen molar-refractivity contribution < 1.29 is 0 Å². The second kappa shape index (κ2) is 8.49. The van der Waals surface area contributed by atoms with Crippen LogP contribution in [0.5, 0.6) is 0 Å². The minimum absolute atomic E-state index is 0. The zero-order valence-corrected chi connectivity index (χ0v) is 15.7. The third kappa shape index (κ3) is 4.58. The van der Waals surface area contributed by atoms with Gasteiger partial charge < -0.3 is 11.1 Å². The van der Waals surface area contributed by atoms with E-state index >= 15 is 0 Å². The van der Waals surface area contributed by atoms with Crippen molar-refractivity contribution in [2.75, 3.05) is 5.32 Å². The van der Waals surface area contributed by atoms with Crippen molar-refractivity contribution in [1.29, 1.82) is 0 Å². The van der Waals surface area contributed by atoms with Crippen LogP contribution in [0.3, 0.4) is 0 Å². The molecular weight excluding hydrogens is 413 g/mol. The van der Waals surface area contributed by atoms with E-state index in [9.17, 15) is 0 Å². The summed E-state index contributed by atoms with van der Waals surface area (Å²) in [6, 6.07) is 19.8. The van der Waals surface area contributed by atoms with Crippen LogP contribution < -0.4 is 11.1 Å². The maximum atomic E-state index is 5.93. The van der Waals surface area contributed by atoms with Crippen LogP contribution in [-0.2, 0) is 6.54 Å². The van der Waals surface area contributed by atoms with Crippen LogP contribution >= 0.6 is 24.0 Å². The number of para-hydroxylation sites is 2. The molecule has 0 aliphatic heterocycles. The fourth-order valence-corrected chi connectivity index (χ4v) is 2.24. The third-order valence-electron chi connectivity index (χ3n) is 3.49. The van der Waals surface area contributed by atoms with Crippen molar-refractivity contribution in [1.82, 2.24) is 9.78 Å². The van der Waals surface area contributed by atoms with Gasteiger partial charge in [-0.05, 0) is 31.2 Å². The Morgan fingerprint density at radius 2 is 1.71 bits per heavy atom. The summed E-state index contributed by atoms with van der Waals surface area (Å²) < 4.78 is 1.86. The van der Waals surface area contributed by atoms with Crippen molar-refractivity contribution in [3.8, 4) is 5.69 Å². The van der Waals surface area contributed by atoms with E-state index in [0.717, 1.165) is 22.6 Å². The molecule has 0 spiro atoms. The fourth-order valence-electron chi connectivity index (χ4n) is 2.24. The van der Waals surface area contributed by atoms with Gasteiger partial charge in [-0.15, -0.1) is 24.0 Å². The van der Waals surface area contributed by atoms with Crippen LogP contribution in [0, 0.1) is 6.92 Å². The lowest BCUT2D eigenvalue weighted by atomic mass is 10.2. The molecule has 0 aliphatic rings. The number of hydrogen-bond acceptors (Lipinski definition) is 2. The molecule has 0 atom stereocenters. The smallest absolute Gasteiger partial charge is 0.193 e. The van der Waals surface area contributed by atoms with E-state index in [0.29, 0.717) is 12.5 Å². The highest BCUT2D eigenvalue weighted by Gasteiger charge is 2.06. The third-order valence-corrected chi connectivity index (χ3v) is 3.49. The fraction of sp³-hybridized carbons (Fsp3) is 0.111. The summed E-state index contributed by atoms with van der Waals surface area (Å²) in [5.41, 5.74) is 9.88. The number of guanidine groups is 1. The maximum absolute atomic E-state index is 5.93. The molecule has 3 aromatic rings. The largest absolute Gasteiger partial charge is 0.370 e. The Labute approximate surface area is 158 Å². The number of benzene rings is 2. The van der Waals surface area contributed by atoms with Crippen molar-refractivity contribution in [3.05, 3.63) is 78.1 Å². The second-order valence-electron chi connectivity index (χ2n) is 5.21. The number of rotatable bonds is 4. The van der Waals surface area contributed by atoms with Gasteiger partial charge in [0.05, 0.1) is 17.9 Å². The Balaban J connectivity index is 0.00000208. The van der Waals surface area contributed by atoms with Gasteiger partial charge in [-0.1, -0.05) is 36.4 Å². The van der Waals surface area contributed by atoms with Crippen LogP contribution in [0.1, 0.15) is 11.3 Å². The molecule has 0 saturated heterocycles. The number of aryl methyl sites for hydroxylation is 1. The lowest BCUT2D eigenvalue weighted by molar-refractivity contribution is 0.863. The van der Waals surface area contributed by atoms with E-state index in [4.69, 9.17) is 5.73 Å². The molecule has 0 amide bonds. The van der Waals surface area contributed by atoms with Crippen LogP contribution in [0.15, 0.2) is 71.9 Å². The average molecular weight is 433 g/mol. The molecule has 0 fully saturated rings. The number of nitrogens with zero attached hydrogens (tertiary/aromatic N) is 3. The molecule has 0 unspecified atom stereocenters. The number of halogens is 1. The molecule has 0 aliphatic carbocycles. The molecule has 0 bridgehead atoms. The number of hydrogen-bond donors (Lipinski definition) is 2. The number of aromatic nitrogens is 2. The van der Waals surface area contributed by atoms with Gasteiger partial charge in [0.1, 0.15) is 0 Å². The van der Waals surface area contributed by atoms with Crippen LogP contribution in [-0.4, -0.2) is 15.7 Å². The molecule has 5 nitrogen and oxygen atoms in total. The number of aliphatic imine (C=N–C) groups is 1. The number of anilines is 1. The van der Waals surface area contributed by atoms with E-state index in [1.165, 1.54) is 0 Å². The van der Waals surface area contributed by atoms with Crippen LogP contribution in [0.25, 0.3) is 5.69 Å². The standard InChI is InChI=1S/C18H19N5.HI/c1-14-15(13-23(22-14)17-10-6-3-7-11-17)12-20-18(19)21-16-8-4-2-5-9-16;/h2-11,13H,12H2,1H3,(H3,19,20,21);1H. The molecular formula is C18H20IN5. The molecule has 2 aromatic carbocycles. The number of nitrogens with two attached hydrogens (primary N) is 1. The second-order valence-corrected chi connectivity index (χ2v) is 5.21. The first kappa shape index (κ1) is 18.0. The van der Waals surface area contributed by atoms with Gasteiger partial charge in [0, 0.05) is 17.4 Å². The van der Waals surface area contributed by atoms with Crippen molar-refractivity contribution in [2.45, 2.75) is 13.5 Å². The number of nitrogens with one attached hydrogen (secondary N) is 1. The minimum Gasteiger partial charge on any atom is -0.370 e. The summed E-state index contributed by atoms with van der Waals surface area (Å²) >= 11 is 0. The van der Waals surface area contributed by atoms with E-state index in [1.54, 1.807) is 0 Å². The Morgan fingerprint density at radius 3 is 2.38 bits per heavy atom. The summed E-state index contributed by atoms with van der Waals surface area (Å²) in [6.45, 7) is 2.47. The molecule has 0 saturated carbocycles. The summed E-state index contributed by atoms with van der Waals surface area (Å²) in [7, 11) is 0. The van der Waals surface area contributed by atoms with Gasteiger partial charge >= 0.3 is 0 Å². The lowest BCUT2D eigenvalue weighted by Crippen LogP contribution is -2.22. The molecule has 3 N–H and O–H groups in total. The van der Waals surface area contributed by atoms with Gasteiger partial charge in [-0.2, -0.15) is 5.10 Å². The first-order valence-electron chi connectivity index (χ1n) is 7.45. The first-order valence-corrected chi connectivity index (χ1v) is 7.45. The van der Waals surface area contributed by atoms with E-state index in [2.05, 4.69) is 15.4 Å². The Bertz CT molecular complexity index is 797. The Hall–Kier alpha value is -2.35. The molecule has 124 valence electrons. The van der Waals surface area contributed by atoms with E-state index < -0.39 is 0 Å². The lowest BCUT2D eigenvalue weighted by Gasteiger charge is -2.04. The zero-order chi connectivity index (χ0) is 16.1. The SMILES string of the molecule is Cc1nn(-c2ccccc2)cc1CN=C(N)Nc1ccccc1.I. The Kier molecular flexibility index (Phi) is 6.36. The summed E-state index contributed by atoms with van der Waals surface area (Å²) in [5.74, 6) is 0.392. The van der Waals surface area contributed by atoms with Crippen LogP contribution in [0.4, 0.5) is 5.69 Å². The monoisotopic (exact) mass is 433 g/mol. The Morgan fingerprint density at radius 1 is 1.08 bits per heavy atom. The highest BCUT2D eigenvalue weighted by atomic mass is 127. The summed E-state index contributed by atoms with van der Waals surface area (Å²) in [6.07, 6.45) is 1.99. The first-order chi connectivity index (χ1) is 11.2.